The Balaban J connectivity index is 1.73. The number of methoxy groups -OCH3 is 2. The first-order valence-electron chi connectivity index (χ1n) is 8.76. The van der Waals surface area contributed by atoms with Crippen molar-refractivity contribution in [2.75, 3.05) is 14.2 Å². The predicted molar refractivity (Wildman–Crippen MR) is 104 cm³/mol. The second kappa shape index (κ2) is 7.27. The molecule has 0 bridgehead atoms. The molecule has 2 aromatic heterocycles. The minimum atomic E-state index is -0.467. The molecule has 0 saturated carbocycles. The van der Waals surface area contributed by atoms with Crippen LogP contribution in [0.3, 0.4) is 0 Å². The van der Waals surface area contributed by atoms with Gasteiger partial charge in [-0.05, 0) is 30.3 Å². The van der Waals surface area contributed by atoms with Crippen molar-refractivity contribution >= 4 is 22.6 Å². The van der Waals surface area contributed by atoms with Crippen molar-refractivity contribution < 1.29 is 19.0 Å². The minimum absolute atomic E-state index is 0.0807. The Labute approximate surface area is 165 Å². The van der Waals surface area contributed by atoms with Crippen LogP contribution in [0.4, 0.5) is 0 Å². The Bertz CT molecular complexity index is 1290. The molecule has 2 aromatic carbocycles. The van der Waals surface area contributed by atoms with Crippen molar-refractivity contribution in [1.29, 1.82) is 0 Å². The lowest BCUT2D eigenvalue weighted by Gasteiger charge is -2.12. The van der Waals surface area contributed by atoms with Crippen LogP contribution in [-0.4, -0.2) is 39.4 Å². The van der Waals surface area contributed by atoms with E-state index in [9.17, 15) is 9.59 Å². The summed E-state index contributed by atoms with van der Waals surface area (Å²) in [6, 6.07) is 12.0. The SMILES string of the molecule is COC(=O)c1ccc(OCc2nnc3n(C)c(=O)c4ccccc4n23)c(OC)c1. The Morgan fingerprint density at radius 1 is 1.07 bits per heavy atom. The number of esters is 1. The number of carbonyl (C=O) groups is 1. The van der Waals surface area contributed by atoms with E-state index in [-0.39, 0.29) is 12.2 Å². The van der Waals surface area contributed by atoms with Crippen LogP contribution >= 0.6 is 0 Å². The molecule has 0 atom stereocenters. The van der Waals surface area contributed by atoms with Gasteiger partial charge in [0.05, 0.1) is 30.7 Å². The molecule has 148 valence electrons. The molecule has 0 radical (unpaired) electrons. The highest BCUT2D eigenvalue weighted by Crippen LogP contribution is 2.29. The van der Waals surface area contributed by atoms with Crippen molar-refractivity contribution in [2.45, 2.75) is 6.61 Å². The van der Waals surface area contributed by atoms with Gasteiger partial charge >= 0.3 is 5.97 Å². The van der Waals surface area contributed by atoms with E-state index in [2.05, 4.69) is 10.2 Å². The number of benzene rings is 2. The van der Waals surface area contributed by atoms with Gasteiger partial charge in [-0.25, -0.2) is 4.79 Å². The third-order valence-electron chi connectivity index (χ3n) is 4.63. The molecule has 0 aliphatic heterocycles. The standard InChI is InChI=1S/C20H18N4O5/c1-23-18(25)13-6-4-5-7-14(13)24-17(21-22-20(23)24)11-29-15-9-8-12(19(26)28-3)10-16(15)27-2/h4-10H,11H2,1-3H3. The smallest absolute Gasteiger partial charge is 0.337 e. The first-order chi connectivity index (χ1) is 14.0. The van der Waals surface area contributed by atoms with Crippen LogP contribution in [0.2, 0.25) is 0 Å². The summed E-state index contributed by atoms with van der Waals surface area (Å²) in [6.07, 6.45) is 0. The van der Waals surface area contributed by atoms with E-state index in [1.54, 1.807) is 35.7 Å². The van der Waals surface area contributed by atoms with Gasteiger partial charge in [0.25, 0.3) is 5.56 Å². The number of aryl methyl sites for hydroxylation is 1. The van der Waals surface area contributed by atoms with Crippen LogP contribution in [0.1, 0.15) is 16.2 Å². The van der Waals surface area contributed by atoms with Gasteiger partial charge in [-0.3, -0.25) is 13.8 Å². The van der Waals surface area contributed by atoms with Crippen LogP contribution in [0.25, 0.3) is 16.7 Å². The lowest BCUT2D eigenvalue weighted by atomic mass is 10.2. The third kappa shape index (κ3) is 3.06. The minimum Gasteiger partial charge on any atom is -0.493 e. The maximum atomic E-state index is 12.5. The molecule has 0 aliphatic rings. The molecule has 0 N–H and O–H groups in total. The summed E-state index contributed by atoms with van der Waals surface area (Å²) < 4.78 is 19.2. The summed E-state index contributed by atoms with van der Waals surface area (Å²) in [4.78, 5) is 24.2. The molecular formula is C20H18N4O5. The normalized spacial score (nSPS) is 11.0. The Morgan fingerprint density at radius 2 is 1.86 bits per heavy atom. The molecule has 29 heavy (non-hydrogen) atoms. The van der Waals surface area contributed by atoms with Crippen molar-refractivity contribution in [3.63, 3.8) is 0 Å². The number of ether oxygens (including phenoxy) is 3. The summed E-state index contributed by atoms with van der Waals surface area (Å²) in [7, 11) is 4.45. The van der Waals surface area contributed by atoms with E-state index < -0.39 is 5.97 Å². The quantitative estimate of drug-likeness (QED) is 0.477. The first kappa shape index (κ1) is 18.5. The van der Waals surface area contributed by atoms with E-state index >= 15 is 0 Å². The average molecular weight is 394 g/mol. The Kier molecular flexibility index (Phi) is 4.63. The van der Waals surface area contributed by atoms with Gasteiger partial charge < -0.3 is 14.2 Å². The fraction of sp³-hybridized carbons (Fsp3) is 0.200. The molecular weight excluding hydrogens is 376 g/mol. The van der Waals surface area contributed by atoms with Gasteiger partial charge in [0.2, 0.25) is 5.78 Å². The molecule has 4 aromatic rings. The number of nitrogens with zero attached hydrogens (tertiary/aromatic N) is 4. The van der Waals surface area contributed by atoms with E-state index in [0.29, 0.717) is 39.6 Å². The van der Waals surface area contributed by atoms with Crippen LogP contribution in [0, 0.1) is 0 Å². The molecule has 0 fully saturated rings. The van der Waals surface area contributed by atoms with Gasteiger partial charge in [0.15, 0.2) is 17.3 Å². The monoisotopic (exact) mass is 394 g/mol. The molecule has 9 nitrogen and oxygen atoms in total. The summed E-state index contributed by atoms with van der Waals surface area (Å²) >= 11 is 0. The van der Waals surface area contributed by atoms with E-state index in [1.165, 1.54) is 18.8 Å². The summed E-state index contributed by atoms with van der Waals surface area (Å²) in [6.45, 7) is 0.0807. The summed E-state index contributed by atoms with van der Waals surface area (Å²) in [5, 5.41) is 8.89. The second-order valence-corrected chi connectivity index (χ2v) is 6.28. The van der Waals surface area contributed by atoms with Crippen LogP contribution < -0.4 is 15.0 Å². The zero-order valence-corrected chi connectivity index (χ0v) is 16.1. The van der Waals surface area contributed by atoms with Crippen molar-refractivity contribution in [3.8, 4) is 11.5 Å². The van der Waals surface area contributed by atoms with Gasteiger partial charge in [-0.2, -0.15) is 0 Å². The van der Waals surface area contributed by atoms with E-state index in [0.717, 1.165) is 0 Å². The number of aromatic nitrogens is 4. The molecule has 0 unspecified atom stereocenters. The second-order valence-electron chi connectivity index (χ2n) is 6.28. The number of carbonyl (C=O) groups excluding carboxylic acids is 1. The van der Waals surface area contributed by atoms with E-state index in [1.807, 2.05) is 18.2 Å². The lowest BCUT2D eigenvalue weighted by Crippen LogP contribution is -2.20. The number of fused-ring (bicyclic) bond motifs is 3. The topological polar surface area (TPSA) is 97.0 Å². The van der Waals surface area contributed by atoms with Gasteiger partial charge in [0.1, 0.15) is 6.61 Å². The molecule has 0 spiro atoms. The highest BCUT2D eigenvalue weighted by atomic mass is 16.5. The van der Waals surface area contributed by atoms with Crippen molar-refractivity contribution in [2.24, 2.45) is 7.05 Å². The van der Waals surface area contributed by atoms with Crippen molar-refractivity contribution in [3.05, 3.63) is 64.2 Å². The molecule has 2 heterocycles. The van der Waals surface area contributed by atoms with Gasteiger partial charge in [0, 0.05) is 7.05 Å². The van der Waals surface area contributed by atoms with E-state index in [4.69, 9.17) is 14.2 Å². The van der Waals surface area contributed by atoms with Crippen molar-refractivity contribution in [1.82, 2.24) is 19.2 Å². The maximum absolute atomic E-state index is 12.5. The lowest BCUT2D eigenvalue weighted by molar-refractivity contribution is 0.0600. The zero-order chi connectivity index (χ0) is 20.5. The number of rotatable bonds is 5. The Hall–Kier alpha value is -3.88. The summed E-state index contributed by atoms with van der Waals surface area (Å²) in [5.74, 6) is 1.29. The van der Waals surface area contributed by atoms with Crippen LogP contribution in [-0.2, 0) is 18.4 Å². The molecule has 9 heteroatoms. The molecule has 0 saturated heterocycles. The third-order valence-corrected chi connectivity index (χ3v) is 4.63. The fourth-order valence-corrected chi connectivity index (χ4v) is 3.16. The predicted octanol–water partition coefficient (Wildman–Crippen LogP) is 1.96. The van der Waals surface area contributed by atoms with Crippen LogP contribution in [0.15, 0.2) is 47.3 Å². The number of hydrogen-bond acceptors (Lipinski definition) is 7. The fourth-order valence-electron chi connectivity index (χ4n) is 3.16. The summed E-state index contributed by atoms with van der Waals surface area (Å²) in [5.41, 5.74) is 0.904. The first-order valence-corrected chi connectivity index (χ1v) is 8.76. The maximum Gasteiger partial charge on any atom is 0.337 e. The van der Waals surface area contributed by atoms with Gasteiger partial charge in [-0.1, -0.05) is 12.1 Å². The number of hydrogen-bond donors (Lipinski definition) is 0. The zero-order valence-electron chi connectivity index (χ0n) is 16.1. The molecule has 0 aliphatic carbocycles. The molecule has 0 amide bonds. The largest absolute Gasteiger partial charge is 0.493 e. The van der Waals surface area contributed by atoms with Crippen LogP contribution in [0.5, 0.6) is 11.5 Å². The Morgan fingerprint density at radius 3 is 2.62 bits per heavy atom. The average Bonchev–Trinajstić information content (AvgIpc) is 3.19. The highest BCUT2D eigenvalue weighted by molar-refractivity contribution is 5.90. The molecule has 4 rings (SSSR count). The number of para-hydroxylation sites is 1. The van der Waals surface area contributed by atoms with Gasteiger partial charge in [-0.15, -0.1) is 10.2 Å². The highest BCUT2D eigenvalue weighted by Gasteiger charge is 2.16.